The van der Waals surface area contributed by atoms with Crippen LogP contribution in [-0.2, 0) is 0 Å². The minimum Gasteiger partial charge on any atom is -0.496 e. The van der Waals surface area contributed by atoms with Gasteiger partial charge < -0.3 is 4.74 Å². The van der Waals surface area contributed by atoms with E-state index in [2.05, 4.69) is 31.9 Å². The first kappa shape index (κ1) is 14.5. The highest BCUT2D eigenvalue weighted by Gasteiger charge is 2.19. The Kier molecular flexibility index (Phi) is 4.63. The minimum atomic E-state index is -0.250. The van der Waals surface area contributed by atoms with E-state index in [1.165, 1.54) is 6.07 Å². The molecule has 100 valence electrons. The van der Waals surface area contributed by atoms with Gasteiger partial charge in [0, 0.05) is 15.6 Å². The average molecular weight is 388 g/mol. The molecule has 0 radical (unpaired) electrons. The molecule has 2 aromatic rings. The molecule has 0 bridgehead atoms. The van der Waals surface area contributed by atoms with E-state index in [0.717, 1.165) is 21.3 Å². The SMILES string of the molecule is COc1ccc(Br)cc1C(Br)c1cc(C)ccc1F. The highest BCUT2D eigenvalue weighted by molar-refractivity contribution is 9.10. The van der Waals surface area contributed by atoms with Crippen molar-refractivity contribution in [3.8, 4) is 5.75 Å². The van der Waals surface area contributed by atoms with Gasteiger partial charge in [-0.2, -0.15) is 0 Å². The summed E-state index contributed by atoms with van der Waals surface area (Å²) in [7, 11) is 1.61. The summed E-state index contributed by atoms with van der Waals surface area (Å²) in [5.41, 5.74) is 2.52. The van der Waals surface area contributed by atoms with Crippen molar-refractivity contribution in [1.82, 2.24) is 0 Å². The summed E-state index contributed by atoms with van der Waals surface area (Å²) in [4.78, 5) is -0.250. The van der Waals surface area contributed by atoms with Crippen LogP contribution in [0, 0.1) is 12.7 Å². The second kappa shape index (κ2) is 6.06. The van der Waals surface area contributed by atoms with Crippen LogP contribution in [0.25, 0.3) is 0 Å². The van der Waals surface area contributed by atoms with Gasteiger partial charge in [-0.1, -0.05) is 49.6 Å². The Morgan fingerprint density at radius 1 is 1.11 bits per heavy atom. The van der Waals surface area contributed by atoms with Crippen LogP contribution in [0.15, 0.2) is 40.9 Å². The van der Waals surface area contributed by atoms with Crippen LogP contribution in [0.3, 0.4) is 0 Å². The lowest BCUT2D eigenvalue weighted by Crippen LogP contribution is -2.00. The smallest absolute Gasteiger partial charge is 0.127 e. The van der Waals surface area contributed by atoms with Crippen molar-refractivity contribution in [1.29, 1.82) is 0 Å². The number of methoxy groups -OCH3 is 1. The number of hydrogen-bond donors (Lipinski definition) is 0. The minimum absolute atomic E-state index is 0.227. The monoisotopic (exact) mass is 386 g/mol. The summed E-state index contributed by atoms with van der Waals surface area (Å²) in [5, 5.41) is 0. The molecule has 1 atom stereocenters. The molecule has 0 aromatic heterocycles. The second-order valence-corrected chi connectivity index (χ2v) is 6.11. The summed E-state index contributed by atoms with van der Waals surface area (Å²) < 4.78 is 20.2. The number of benzene rings is 2. The van der Waals surface area contributed by atoms with Crippen LogP contribution in [-0.4, -0.2) is 7.11 Å². The fraction of sp³-hybridized carbons (Fsp3) is 0.200. The Morgan fingerprint density at radius 2 is 1.84 bits per heavy atom. The van der Waals surface area contributed by atoms with Gasteiger partial charge in [0.1, 0.15) is 11.6 Å². The molecule has 0 N–H and O–H groups in total. The van der Waals surface area contributed by atoms with Gasteiger partial charge in [-0.3, -0.25) is 0 Å². The van der Waals surface area contributed by atoms with Gasteiger partial charge in [0.25, 0.3) is 0 Å². The number of hydrogen-bond acceptors (Lipinski definition) is 1. The zero-order valence-corrected chi connectivity index (χ0v) is 13.8. The molecule has 0 fully saturated rings. The maximum atomic E-state index is 14.0. The Bertz CT molecular complexity index is 599. The molecule has 1 unspecified atom stereocenters. The zero-order valence-electron chi connectivity index (χ0n) is 10.6. The lowest BCUT2D eigenvalue weighted by atomic mass is 10.0. The lowest BCUT2D eigenvalue weighted by Gasteiger charge is -2.16. The molecule has 0 amide bonds. The van der Waals surface area contributed by atoms with E-state index in [9.17, 15) is 4.39 Å². The Balaban J connectivity index is 2.51. The van der Waals surface area contributed by atoms with Crippen LogP contribution in [0.2, 0.25) is 0 Å². The average Bonchev–Trinajstić information content (AvgIpc) is 2.40. The molecule has 0 aliphatic carbocycles. The predicted octanol–water partition coefficient (Wildman–Crippen LogP) is 5.39. The molecular formula is C15H13Br2FO. The lowest BCUT2D eigenvalue weighted by molar-refractivity contribution is 0.410. The number of alkyl halides is 1. The van der Waals surface area contributed by atoms with Crippen LogP contribution < -0.4 is 4.74 Å². The summed E-state index contributed by atoms with van der Waals surface area (Å²) in [6.45, 7) is 1.95. The largest absolute Gasteiger partial charge is 0.496 e. The van der Waals surface area contributed by atoms with Crippen molar-refractivity contribution in [3.63, 3.8) is 0 Å². The first-order valence-corrected chi connectivity index (χ1v) is 7.47. The van der Waals surface area contributed by atoms with Crippen molar-refractivity contribution in [2.45, 2.75) is 11.8 Å². The van der Waals surface area contributed by atoms with Gasteiger partial charge in [0.05, 0.1) is 11.9 Å². The predicted molar refractivity (Wildman–Crippen MR) is 82.6 cm³/mol. The number of halogens is 3. The van der Waals surface area contributed by atoms with Crippen LogP contribution >= 0.6 is 31.9 Å². The van der Waals surface area contributed by atoms with E-state index in [0.29, 0.717) is 5.56 Å². The van der Waals surface area contributed by atoms with E-state index in [4.69, 9.17) is 4.74 Å². The summed E-state index contributed by atoms with van der Waals surface area (Å²) in [5.74, 6) is 0.500. The molecule has 1 nitrogen and oxygen atoms in total. The topological polar surface area (TPSA) is 9.23 Å². The van der Waals surface area contributed by atoms with Gasteiger partial charge in [-0.15, -0.1) is 0 Å². The number of aryl methyl sites for hydroxylation is 1. The van der Waals surface area contributed by atoms with Gasteiger partial charge in [0.15, 0.2) is 0 Å². The fourth-order valence-electron chi connectivity index (χ4n) is 1.93. The van der Waals surface area contributed by atoms with E-state index >= 15 is 0 Å². The molecule has 0 aliphatic rings. The molecule has 2 aromatic carbocycles. The second-order valence-electron chi connectivity index (χ2n) is 4.27. The fourth-order valence-corrected chi connectivity index (χ4v) is 3.02. The first-order chi connectivity index (χ1) is 9.02. The Morgan fingerprint density at radius 3 is 2.53 bits per heavy atom. The van der Waals surface area contributed by atoms with E-state index < -0.39 is 0 Å². The molecular weight excluding hydrogens is 375 g/mol. The van der Waals surface area contributed by atoms with Gasteiger partial charge in [-0.25, -0.2) is 4.39 Å². The van der Waals surface area contributed by atoms with E-state index in [1.54, 1.807) is 13.2 Å². The maximum absolute atomic E-state index is 14.0. The Labute approximate surface area is 129 Å². The molecule has 4 heteroatoms. The molecule has 0 saturated carbocycles. The van der Waals surface area contributed by atoms with Crippen LogP contribution in [0.4, 0.5) is 4.39 Å². The molecule has 19 heavy (non-hydrogen) atoms. The summed E-state index contributed by atoms with van der Waals surface area (Å²) in [6.07, 6.45) is 0. The maximum Gasteiger partial charge on any atom is 0.127 e. The van der Waals surface area contributed by atoms with E-state index in [-0.39, 0.29) is 10.6 Å². The number of rotatable bonds is 3. The normalized spacial score (nSPS) is 12.3. The summed E-state index contributed by atoms with van der Waals surface area (Å²) >= 11 is 6.99. The van der Waals surface area contributed by atoms with Crippen LogP contribution in [0.5, 0.6) is 5.75 Å². The molecule has 0 spiro atoms. The van der Waals surface area contributed by atoms with Crippen molar-refractivity contribution >= 4 is 31.9 Å². The third kappa shape index (κ3) is 3.18. The van der Waals surface area contributed by atoms with Crippen molar-refractivity contribution < 1.29 is 9.13 Å². The molecule has 2 rings (SSSR count). The first-order valence-electron chi connectivity index (χ1n) is 5.76. The van der Waals surface area contributed by atoms with Gasteiger partial charge in [-0.05, 0) is 31.2 Å². The third-order valence-corrected chi connectivity index (χ3v) is 4.37. The van der Waals surface area contributed by atoms with E-state index in [1.807, 2.05) is 31.2 Å². The number of ether oxygens (including phenoxy) is 1. The van der Waals surface area contributed by atoms with Gasteiger partial charge in [0.2, 0.25) is 0 Å². The Hall–Kier alpha value is -0.870. The zero-order chi connectivity index (χ0) is 14.0. The highest BCUT2D eigenvalue weighted by Crippen LogP contribution is 2.39. The van der Waals surface area contributed by atoms with Crippen molar-refractivity contribution in [2.75, 3.05) is 7.11 Å². The summed E-state index contributed by atoms with van der Waals surface area (Å²) in [6, 6.07) is 10.8. The standard InChI is InChI=1S/C15H13Br2FO/c1-9-3-5-13(18)11(7-9)15(17)12-8-10(16)4-6-14(12)19-2/h3-8,15H,1-2H3. The molecule has 0 saturated heterocycles. The van der Waals surface area contributed by atoms with Crippen molar-refractivity contribution in [3.05, 3.63) is 63.4 Å². The third-order valence-electron chi connectivity index (χ3n) is 2.89. The highest BCUT2D eigenvalue weighted by atomic mass is 79.9. The molecule has 0 aliphatic heterocycles. The van der Waals surface area contributed by atoms with Crippen molar-refractivity contribution in [2.24, 2.45) is 0 Å². The quantitative estimate of drug-likeness (QED) is 0.641. The molecule has 0 heterocycles. The van der Waals surface area contributed by atoms with Crippen LogP contribution in [0.1, 0.15) is 21.5 Å². The van der Waals surface area contributed by atoms with Gasteiger partial charge >= 0.3 is 0 Å².